The van der Waals surface area contributed by atoms with Gasteiger partial charge in [0.1, 0.15) is 0 Å². The van der Waals surface area contributed by atoms with E-state index in [0.29, 0.717) is 5.56 Å². The second-order valence-corrected chi connectivity index (χ2v) is 8.15. The molecule has 0 spiro atoms. The van der Waals surface area contributed by atoms with E-state index < -0.39 is 0 Å². The fourth-order valence-corrected chi connectivity index (χ4v) is 3.87. The molecule has 142 valence electrons. The van der Waals surface area contributed by atoms with E-state index in [1.807, 2.05) is 55.1 Å². The first-order valence-electron chi connectivity index (χ1n) is 9.32. The molecule has 6 heteroatoms. The monoisotopic (exact) mass is 383 g/mol. The van der Waals surface area contributed by atoms with Crippen molar-refractivity contribution in [1.82, 2.24) is 15.2 Å². The predicted octanol–water partition coefficient (Wildman–Crippen LogP) is 3.68. The number of aromatic nitrogens is 1. The molecule has 2 unspecified atom stereocenters. The summed E-state index contributed by atoms with van der Waals surface area (Å²) >= 11 is 1.39. The lowest BCUT2D eigenvalue weighted by molar-refractivity contribution is -0.120. The van der Waals surface area contributed by atoms with Gasteiger partial charge in [-0.1, -0.05) is 42.1 Å². The number of nitrogens with zero attached hydrogens (tertiary/aromatic N) is 2. The third kappa shape index (κ3) is 5.10. The highest BCUT2D eigenvalue weighted by Crippen LogP contribution is 2.23. The first-order valence-corrected chi connectivity index (χ1v) is 10.2. The summed E-state index contributed by atoms with van der Waals surface area (Å²) in [6, 6.07) is 13.5. The van der Waals surface area contributed by atoms with E-state index >= 15 is 0 Å². The van der Waals surface area contributed by atoms with Gasteiger partial charge < -0.3 is 10.2 Å². The van der Waals surface area contributed by atoms with Crippen molar-refractivity contribution >= 4 is 23.6 Å². The zero-order valence-corrected chi connectivity index (χ0v) is 16.5. The van der Waals surface area contributed by atoms with E-state index in [4.69, 9.17) is 0 Å². The van der Waals surface area contributed by atoms with Gasteiger partial charge in [0.05, 0.1) is 21.9 Å². The molecule has 2 atom stereocenters. The van der Waals surface area contributed by atoms with Crippen molar-refractivity contribution in [2.75, 3.05) is 13.1 Å². The molecule has 27 heavy (non-hydrogen) atoms. The molecule has 1 aliphatic rings. The SMILES string of the molecule is CC(Sc1ccc(C(=O)N2CCCC2)cn1)C(=O)NC(C)c1ccccc1. The van der Waals surface area contributed by atoms with Crippen LogP contribution < -0.4 is 5.32 Å². The molecule has 2 heterocycles. The molecular weight excluding hydrogens is 358 g/mol. The Bertz CT molecular complexity index is 774. The molecule has 1 N–H and O–H groups in total. The number of pyridine rings is 1. The van der Waals surface area contributed by atoms with Gasteiger partial charge in [-0.25, -0.2) is 4.98 Å². The van der Waals surface area contributed by atoms with Crippen LogP contribution in [-0.2, 0) is 4.79 Å². The highest BCUT2D eigenvalue weighted by Gasteiger charge is 2.21. The number of likely N-dealkylation sites (tertiary alicyclic amines) is 1. The third-order valence-corrected chi connectivity index (χ3v) is 5.75. The quantitative estimate of drug-likeness (QED) is 0.773. The number of carbonyl (C=O) groups is 2. The van der Waals surface area contributed by atoms with Crippen molar-refractivity contribution in [3.05, 3.63) is 59.8 Å². The zero-order chi connectivity index (χ0) is 19.2. The molecule has 1 aromatic carbocycles. The molecule has 5 nitrogen and oxygen atoms in total. The van der Waals surface area contributed by atoms with Crippen LogP contribution in [0.1, 0.15) is 48.7 Å². The van der Waals surface area contributed by atoms with Crippen LogP contribution in [0.3, 0.4) is 0 Å². The van der Waals surface area contributed by atoms with Gasteiger partial charge >= 0.3 is 0 Å². The van der Waals surface area contributed by atoms with E-state index in [2.05, 4.69) is 10.3 Å². The molecule has 3 rings (SSSR count). The average molecular weight is 384 g/mol. The number of amides is 2. The summed E-state index contributed by atoms with van der Waals surface area (Å²) in [6.45, 7) is 5.49. The minimum absolute atomic E-state index is 0.0321. The van der Waals surface area contributed by atoms with Gasteiger partial charge in [0.2, 0.25) is 5.91 Å². The van der Waals surface area contributed by atoms with E-state index in [-0.39, 0.29) is 23.1 Å². The third-order valence-electron chi connectivity index (χ3n) is 4.70. The minimum Gasteiger partial charge on any atom is -0.349 e. The Morgan fingerprint density at radius 3 is 2.41 bits per heavy atom. The molecular formula is C21H25N3O2S. The normalized spacial score (nSPS) is 16.0. The Balaban J connectivity index is 1.54. The van der Waals surface area contributed by atoms with Crippen LogP contribution in [0.5, 0.6) is 0 Å². The molecule has 2 amide bonds. The number of carbonyl (C=O) groups excluding carboxylic acids is 2. The summed E-state index contributed by atoms with van der Waals surface area (Å²) in [5, 5.41) is 3.50. The molecule has 0 saturated carbocycles. The summed E-state index contributed by atoms with van der Waals surface area (Å²) in [5.41, 5.74) is 1.68. The largest absolute Gasteiger partial charge is 0.349 e. The molecule has 0 radical (unpaired) electrons. The molecule has 1 fully saturated rings. The lowest BCUT2D eigenvalue weighted by atomic mass is 10.1. The van der Waals surface area contributed by atoms with E-state index in [9.17, 15) is 9.59 Å². The summed E-state index contributed by atoms with van der Waals surface area (Å²) in [5.74, 6) is 0.00870. The second-order valence-electron chi connectivity index (χ2n) is 6.79. The summed E-state index contributed by atoms with van der Waals surface area (Å²) < 4.78 is 0. The Morgan fingerprint density at radius 1 is 1.07 bits per heavy atom. The van der Waals surface area contributed by atoms with E-state index in [1.165, 1.54) is 11.8 Å². The van der Waals surface area contributed by atoms with Crippen LogP contribution in [0.15, 0.2) is 53.7 Å². The molecule has 1 aliphatic heterocycles. The smallest absolute Gasteiger partial charge is 0.255 e. The van der Waals surface area contributed by atoms with Crippen molar-refractivity contribution < 1.29 is 9.59 Å². The minimum atomic E-state index is -0.274. The topological polar surface area (TPSA) is 62.3 Å². The van der Waals surface area contributed by atoms with Crippen molar-refractivity contribution in [3.8, 4) is 0 Å². The number of benzene rings is 1. The average Bonchev–Trinajstić information content (AvgIpc) is 3.23. The lowest BCUT2D eigenvalue weighted by Crippen LogP contribution is -2.33. The van der Waals surface area contributed by atoms with Gasteiger partial charge in [-0.05, 0) is 44.4 Å². The first kappa shape index (κ1) is 19.4. The molecule has 1 aromatic heterocycles. The highest BCUT2D eigenvalue weighted by molar-refractivity contribution is 8.00. The predicted molar refractivity (Wildman–Crippen MR) is 108 cm³/mol. The number of rotatable bonds is 6. The Morgan fingerprint density at radius 2 is 1.78 bits per heavy atom. The van der Waals surface area contributed by atoms with Crippen LogP contribution in [0.25, 0.3) is 0 Å². The number of nitrogens with one attached hydrogen (secondary N) is 1. The Kier molecular flexibility index (Phi) is 6.50. The Hall–Kier alpha value is -2.34. The van der Waals surface area contributed by atoms with Crippen LogP contribution >= 0.6 is 11.8 Å². The molecule has 0 aliphatic carbocycles. The lowest BCUT2D eigenvalue weighted by Gasteiger charge is -2.18. The standard InChI is InChI=1S/C21H25N3O2S/c1-15(17-8-4-3-5-9-17)23-20(25)16(2)27-19-11-10-18(14-22-19)21(26)24-12-6-7-13-24/h3-5,8-11,14-16H,6-7,12-13H2,1-2H3,(H,23,25). The maximum atomic E-state index is 12.5. The van der Waals surface area contributed by atoms with Crippen LogP contribution in [-0.4, -0.2) is 40.0 Å². The van der Waals surface area contributed by atoms with Gasteiger partial charge in [0.25, 0.3) is 5.91 Å². The van der Waals surface area contributed by atoms with Gasteiger partial charge in [0, 0.05) is 19.3 Å². The van der Waals surface area contributed by atoms with Gasteiger partial charge in [-0.2, -0.15) is 0 Å². The summed E-state index contributed by atoms with van der Waals surface area (Å²) in [6.07, 6.45) is 3.75. The molecule has 0 bridgehead atoms. The first-order chi connectivity index (χ1) is 13.0. The van der Waals surface area contributed by atoms with Crippen LogP contribution in [0, 0.1) is 0 Å². The molecule has 1 saturated heterocycles. The maximum absolute atomic E-state index is 12.5. The van der Waals surface area contributed by atoms with Crippen LogP contribution in [0.2, 0.25) is 0 Å². The number of thioether (sulfide) groups is 1. The summed E-state index contributed by atoms with van der Waals surface area (Å²) in [4.78, 5) is 31.1. The van der Waals surface area contributed by atoms with Crippen molar-refractivity contribution in [2.24, 2.45) is 0 Å². The zero-order valence-electron chi connectivity index (χ0n) is 15.7. The van der Waals surface area contributed by atoms with Crippen LogP contribution in [0.4, 0.5) is 0 Å². The second kappa shape index (κ2) is 9.04. The van der Waals surface area contributed by atoms with Crippen molar-refractivity contribution in [2.45, 2.75) is 43.0 Å². The Labute approximate surface area is 164 Å². The summed E-state index contributed by atoms with van der Waals surface area (Å²) in [7, 11) is 0. The number of hydrogen-bond acceptors (Lipinski definition) is 4. The van der Waals surface area contributed by atoms with E-state index in [1.54, 1.807) is 12.3 Å². The fourth-order valence-electron chi connectivity index (χ4n) is 3.07. The van der Waals surface area contributed by atoms with Gasteiger partial charge in [-0.3, -0.25) is 9.59 Å². The van der Waals surface area contributed by atoms with Crippen molar-refractivity contribution in [3.63, 3.8) is 0 Å². The maximum Gasteiger partial charge on any atom is 0.255 e. The highest BCUT2D eigenvalue weighted by atomic mass is 32.2. The van der Waals surface area contributed by atoms with E-state index in [0.717, 1.165) is 36.5 Å². The van der Waals surface area contributed by atoms with Gasteiger partial charge in [0.15, 0.2) is 0 Å². The fraction of sp³-hybridized carbons (Fsp3) is 0.381. The van der Waals surface area contributed by atoms with Gasteiger partial charge in [-0.15, -0.1) is 0 Å². The van der Waals surface area contributed by atoms with Crippen molar-refractivity contribution in [1.29, 1.82) is 0 Å². The number of hydrogen-bond donors (Lipinski definition) is 1. The molecule has 2 aromatic rings.